The summed E-state index contributed by atoms with van der Waals surface area (Å²) in [5, 5.41) is 3.36. The van der Waals surface area contributed by atoms with E-state index in [1.54, 1.807) is 12.4 Å². The first kappa shape index (κ1) is 10.7. The number of hydrogen-bond acceptors (Lipinski definition) is 3. The van der Waals surface area contributed by atoms with E-state index in [2.05, 4.69) is 10.3 Å². The van der Waals surface area contributed by atoms with Crippen molar-refractivity contribution in [1.29, 1.82) is 0 Å². The van der Waals surface area contributed by atoms with Crippen molar-refractivity contribution in [3.05, 3.63) is 24.5 Å². The quantitative estimate of drug-likeness (QED) is 0.789. The molecule has 0 radical (unpaired) electrons. The average molecular weight is 231 g/mol. The maximum absolute atomic E-state index is 12.5. The lowest BCUT2D eigenvalue weighted by Crippen LogP contribution is -2.45. The molecule has 2 aliphatic heterocycles. The molecule has 0 aromatic carbocycles. The summed E-state index contributed by atoms with van der Waals surface area (Å²) >= 11 is 0. The predicted octanol–water partition coefficient (Wildman–Crippen LogP) is 1.19. The van der Waals surface area contributed by atoms with Crippen LogP contribution in [-0.2, 0) is 4.79 Å². The molecule has 3 rings (SSSR count). The van der Waals surface area contributed by atoms with Crippen LogP contribution in [0.3, 0.4) is 0 Å². The van der Waals surface area contributed by atoms with E-state index in [0.717, 1.165) is 44.6 Å². The first-order valence-electron chi connectivity index (χ1n) is 6.25. The number of rotatable bonds is 1. The molecule has 17 heavy (non-hydrogen) atoms. The fourth-order valence-corrected chi connectivity index (χ4v) is 2.94. The van der Waals surface area contributed by atoms with Crippen LogP contribution < -0.4 is 10.2 Å². The average Bonchev–Trinajstić information content (AvgIpc) is 2.70. The number of hydrogen-bond donors (Lipinski definition) is 1. The minimum absolute atomic E-state index is 0.145. The molecule has 1 aromatic rings. The van der Waals surface area contributed by atoms with Crippen molar-refractivity contribution in [2.75, 3.05) is 24.5 Å². The Morgan fingerprint density at radius 3 is 3.06 bits per heavy atom. The summed E-state index contributed by atoms with van der Waals surface area (Å²) in [6.45, 7) is 2.71. The van der Waals surface area contributed by atoms with Crippen LogP contribution in [0.5, 0.6) is 0 Å². The van der Waals surface area contributed by atoms with Crippen LogP contribution >= 0.6 is 0 Å². The molecule has 2 fully saturated rings. The standard InChI is InChI=1S/C13H17N3O/c17-12-13(4-2-7-15-10-13)5-8-16(12)11-3-1-6-14-9-11/h1,3,6,9,15H,2,4-5,7-8,10H2. The smallest absolute Gasteiger partial charge is 0.234 e. The van der Waals surface area contributed by atoms with Gasteiger partial charge in [0, 0.05) is 19.3 Å². The molecule has 1 amide bonds. The van der Waals surface area contributed by atoms with Gasteiger partial charge in [0.2, 0.25) is 5.91 Å². The highest BCUT2D eigenvalue weighted by molar-refractivity contribution is 6.00. The van der Waals surface area contributed by atoms with Gasteiger partial charge in [-0.3, -0.25) is 9.78 Å². The lowest BCUT2D eigenvalue weighted by atomic mass is 9.79. The van der Waals surface area contributed by atoms with Gasteiger partial charge >= 0.3 is 0 Å². The summed E-state index contributed by atoms with van der Waals surface area (Å²) in [6.07, 6.45) is 6.60. The fraction of sp³-hybridized carbons (Fsp3) is 0.538. The molecule has 1 N–H and O–H groups in total. The number of carbonyl (C=O) groups excluding carboxylic acids is 1. The molecule has 2 saturated heterocycles. The van der Waals surface area contributed by atoms with E-state index >= 15 is 0 Å². The SMILES string of the molecule is O=C1N(c2cccnc2)CCC12CCCNC2. The molecule has 4 nitrogen and oxygen atoms in total. The van der Waals surface area contributed by atoms with Crippen LogP contribution in [0.25, 0.3) is 0 Å². The van der Waals surface area contributed by atoms with Crippen molar-refractivity contribution in [2.45, 2.75) is 19.3 Å². The maximum Gasteiger partial charge on any atom is 0.234 e. The summed E-state index contributed by atoms with van der Waals surface area (Å²) in [7, 11) is 0. The Bertz CT molecular complexity index is 412. The summed E-state index contributed by atoms with van der Waals surface area (Å²) in [5.74, 6) is 0.276. The molecule has 1 unspecified atom stereocenters. The highest BCUT2D eigenvalue weighted by atomic mass is 16.2. The minimum atomic E-state index is -0.145. The largest absolute Gasteiger partial charge is 0.316 e. The van der Waals surface area contributed by atoms with Gasteiger partial charge in [-0.15, -0.1) is 0 Å². The number of piperidine rings is 1. The third kappa shape index (κ3) is 1.72. The molecule has 3 heterocycles. The van der Waals surface area contributed by atoms with E-state index < -0.39 is 0 Å². The first-order chi connectivity index (χ1) is 8.32. The van der Waals surface area contributed by atoms with Crippen LogP contribution in [0.15, 0.2) is 24.5 Å². The zero-order valence-electron chi connectivity index (χ0n) is 9.85. The first-order valence-corrected chi connectivity index (χ1v) is 6.25. The third-order valence-electron chi connectivity index (χ3n) is 3.94. The van der Waals surface area contributed by atoms with E-state index in [1.165, 1.54) is 0 Å². The van der Waals surface area contributed by atoms with Crippen molar-refractivity contribution in [2.24, 2.45) is 5.41 Å². The van der Waals surface area contributed by atoms with Gasteiger partial charge in [-0.05, 0) is 37.9 Å². The van der Waals surface area contributed by atoms with Gasteiger partial charge < -0.3 is 10.2 Å². The number of anilines is 1. The molecule has 0 saturated carbocycles. The monoisotopic (exact) mass is 231 g/mol. The summed E-state index contributed by atoms with van der Waals surface area (Å²) in [5.41, 5.74) is 0.786. The van der Waals surface area contributed by atoms with Gasteiger partial charge in [0.1, 0.15) is 0 Å². The summed E-state index contributed by atoms with van der Waals surface area (Å²) in [4.78, 5) is 18.5. The van der Waals surface area contributed by atoms with Gasteiger partial charge in [-0.2, -0.15) is 0 Å². The van der Waals surface area contributed by atoms with E-state index in [9.17, 15) is 4.79 Å². The lowest BCUT2D eigenvalue weighted by Gasteiger charge is -2.32. The second kappa shape index (κ2) is 4.11. The molecular weight excluding hydrogens is 214 g/mol. The Morgan fingerprint density at radius 2 is 2.35 bits per heavy atom. The second-order valence-corrected chi connectivity index (χ2v) is 4.98. The number of amides is 1. The molecule has 4 heteroatoms. The summed E-state index contributed by atoms with van der Waals surface area (Å²) in [6, 6.07) is 3.84. The number of nitrogens with zero attached hydrogens (tertiary/aromatic N) is 2. The van der Waals surface area contributed by atoms with Crippen molar-refractivity contribution in [3.63, 3.8) is 0 Å². The molecule has 0 aliphatic carbocycles. The van der Waals surface area contributed by atoms with Gasteiger partial charge in [0.15, 0.2) is 0 Å². The molecule has 90 valence electrons. The lowest BCUT2D eigenvalue weighted by molar-refractivity contribution is -0.126. The molecular formula is C13H17N3O. The van der Waals surface area contributed by atoms with E-state index in [-0.39, 0.29) is 11.3 Å². The minimum Gasteiger partial charge on any atom is -0.316 e. The zero-order valence-corrected chi connectivity index (χ0v) is 9.85. The number of carbonyl (C=O) groups is 1. The number of aromatic nitrogens is 1. The van der Waals surface area contributed by atoms with Gasteiger partial charge in [-0.1, -0.05) is 0 Å². The van der Waals surface area contributed by atoms with Crippen molar-refractivity contribution < 1.29 is 4.79 Å². The van der Waals surface area contributed by atoms with E-state index in [4.69, 9.17) is 0 Å². The van der Waals surface area contributed by atoms with Crippen LogP contribution in [0.2, 0.25) is 0 Å². The van der Waals surface area contributed by atoms with Crippen molar-refractivity contribution in [3.8, 4) is 0 Å². The fourth-order valence-electron chi connectivity index (χ4n) is 2.94. The molecule has 1 aromatic heterocycles. The van der Waals surface area contributed by atoms with Crippen molar-refractivity contribution in [1.82, 2.24) is 10.3 Å². The molecule has 1 atom stereocenters. The van der Waals surface area contributed by atoms with Gasteiger partial charge in [0.25, 0.3) is 0 Å². The second-order valence-electron chi connectivity index (χ2n) is 4.98. The van der Waals surface area contributed by atoms with Crippen LogP contribution in [0.1, 0.15) is 19.3 Å². The molecule has 1 spiro atoms. The molecule has 0 bridgehead atoms. The predicted molar refractivity (Wildman–Crippen MR) is 65.7 cm³/mol. The third-order valence-corrected chi connectivity index (χ3v) is 3.94. The highest BCUT2D eigenvalue weighted by Gasteiger charge is 2.47. The Balaban J connectivity index is 1.85. The Morgan fingerprint density at radius 1 is 1.41 bits per heavy atom. The van der Waals surface area contributed by atoms with E-state index in [1.807, 2.05) is 17.0 Å². The Hall–Kier alpha value is -1.42. The van der Waals surface area contributed by atoms with Crippen molar-refractivity contribution >= 4 is 11.6 Å². The van der Waals surface area contributed by atoms with Gasteiger partial charge in [0.05, 0.1) is 17.3 Å². The zero-order chi connectivity index (χ0) is 11.7. The molecule has 2 aliphatic rings. The Kier molecular flexibility index (Phi) is 2.59. The van der Waals surface area contributed by atoms with Crippen LogP contribution in [0, 0.1) is 5.41 Å². The number of nitrogens with one attached hydrogen (secondary N) is 1. The van der Waals surface area contributed by atoms with E-state index in [0.29, 0.717) is 0 Å². The normalized spacial score (nSPS) is 28.9. The maximum atomic E-state index is 12.5. The highest BCUT2D eigenvalue weighted by Crippen LogP contribution is 2.39. The number of pyridine rings is 1. The Labute approximate surface area is 101 Å². The topological polar surface area (TPSA) is 45.2 Å². The summed E-state index contributed by atoms with van der Waals surface area (Å²) < 4.78 is 0. The van der Waals surface area contributed by atoms with Crippen LogP contribution in [0.4, 0.5) is 5.69 Å². The van der Waals surface area contributed by atoms with Crippen LogP contribution in [-0.4, -0.2) is 30.5 Å². The van der Waals surface area contributed by atoms with Gasteiger partial charge in [-0.25, -0.2) is 0 Å².